The molecule has 0 bridgehead atoms. The summed E-state index contributed by atoms with van der Waals surface area (Å²) in [6.07, 6.45) is 2.21. The van der Waals surface area contributed by atoms with Crippen molar-refractivity contribution in [3.8, 4) is 0 Å². The maximum absolute atomic E-state index is 11.9. The predicted molar refractivity (Wildman–Crippen MR) is 77.0 cm³/mol. The first-order chi connectivity index (χ1) is 9.45. The molecule has 0 aliphatic carbocycles. The Morgan fingerprint density at radius 3 is 2.75 bits per heavy atom. The van der Waals surface area contributed by atoms with E-state index in [1.807, 2.05) is 6.92 Å². The van der Waals surface area contributed by atoms with Crippen LogP contribution in [0.1, 0.15) is 18.5 Å². The zero-order valence-corrected chi connectivity index (χ0v) is 12.2. The zero-order chi connectivity index (χ0) is 15.1. The molecule has 1 aromatic heterocycles. The van der Waals surface area contributed by atoms with Gasteiger partial charge in [-0.05, 0) is 13.3 Å². The van der Waals surface area contributed by atoms with Gasteiger partial charge in [0.2, 0.25) is 5.91 Å². The lowest BCUT2D eigenvalue weighted by atomic mass is 10.2. The van der Waals surface area contributed by atoms with Gasteiger partial charge in [0.05, 0.1) is 0 Å². The molecule has 0 spiro atoms. The molecule has 20 heavy (non-hydrogen) atoms. The number of nitrogens with zero attached hydrogens (tertiary/aromatic N) is 2. The fraction of sp³-hybridized carbons (Fsp3) is 0.462. The Morgan fingerprint density at radius 1 is 1.55 bits per heavy atom. The Kier molecular flexibility index (Phi) is 6.17. The minimum Gasteiger partial charge on any atom is -0.480 e. The molecule has 0 aliphatic heterocycles. The van der Waals surface area contributed by atoms with Gasteiger partial charge in [-0.1, -0.05) is 17.4 Å². The van der Waals surface area contributed by atoms with Crippen LogP contribution in [-0.2, 0) is 16.1 Å². The number of carboxylic acid groups (broad SMARTS) is 1. The molecule has 0 atom stereocenters. The first-order valence-corrected chi connectivity index (χ1v) is 7.09. The number of aryl methyl sites for hydroxylation is 1. The molecule has 110 valence electrons. The van der Waals surface area contributed by atoms with Gasteiger partial charge in [0.15, 0.2) is 0 Å². The van der Waals surface area contributed by atoms with Gasteiger partial charge in [-0.15, -0.1) is 6.58 Å². The number of hydrogen-bond donors (Lipinski definition) is 1. The number of hydrogen-bond acceptors (Lipinski definition) is 4. The van der Waals surface area contributed by atoms with Crippen molar-refractivity contribution in [1.82, 2.24) is 9.47 Å². The number of aromatic nitrogens is 1. The van der Waals surface area contributed by atoms with Crippen molar-refractivity contribution >= 4 is 23.2 Å². The third-order valence-corrected chi connectivity index (χ3v) is 3.66. The van der Waals surface area contributed by atoms with Crippen LogP contribution in [0.5, 0.6) is 0 Å². The molecule has 1 rings (SSSR count). The SMILES string of the molecule is C=CCN(CC(=O)O)C(=O)CCCn1c(C)csc1=O. The molecule has 0 saturated heterocycles. The molecule has 1 amide bonds. The topological polar surface area (TPSA) is 79.6 Å². The fourth-order valence-corrected chi connectivity index (χ4v) is 2.56. The summed E-state index contributed by atoms with van der Waals surface area (Å²) in [5.41, 5.74) is 0.876. The molecule has 1 aromatic rings. The van der Waals surface area contributed by atoms with Crippen LogP contribution >= 0.6 is 11.3 Å². The van der Waals surface area contributed by atoms with E-state index >= 15 is 0 Å². The summed E-state index contributed by atoms with van der Waals surface area (Å²) in [6.45, 7) is 5.69. The van der Waals surface area contributed by atoms with E-state index in [-0.39, 0.29) is 30.3 Å². The molecule has 0 aliphatic rings. The van der Waals surface area contributed by atoms with Gasteiger partial charge in [0.25, 0.3) is 0 Å². The molecule has 7 heteroatoms. The second-order valence-corrected chi connectivity index (χ2v) is 5.18. The summed E-state index contributed by atoms with van der Waals surface area (Å²) in [4.78, 5) is 35.3. The Balaban J connectivity index is 2.51. The van der Waals surface area contributed by atoms with Crippen molar-refractivity contribution in [1.29, 1.82) is 0 Å². The largest absolute Gasteiger partial charge is 0.480 e. The second kappa shape index (κ2) is 7.64. The molecular weight excluding hydrogens is 280 g/mol. The summed E-state index contributed by atoms with van der Waals surface area (Å²) in [7, 11) is 0. The van der Waals surface area contributed by atoms with Gasteiger partial charge < -0.3 is 14.6 Å². The average Bonchev–Trinajstić information content (AvgIpc) is 2.69. The van der Waals surface area contributed by atoms with Gasteiger partial charge in [-0.25, -0.2) is 0 Å². The summed E-state index contributed by atoms with van der Waals surface area (Å²) in [5.74, 6) is -1.29. The van der Waals surface area contributed by atoms with E-state index in [1.165, 1.54) is 11.0 Å². The predicted octanol–water partition coefficient (Wildman–Crippen LogP) is 1.10. The van der Waals surface area contributed by atoms with Crippen LogP contribution in [0.4, 0.5) is 0 Å². The summed E-state index contributed by atoms with van der Waals surface area (Å²) < 4.78 is 1.62. The Labute approximate surface area is 120 Å². The molecular formula is C13H18N2O4S. The first-order valence-electron chi connectivity index (χ1n) is 6.21. The van der Waals surface area contributed by atoms with Crippen LogP contribution in [0.25, 0.3) is 0 Å². The Bertz CT molecular complexity index is 547. The third kappa shape index (κ3) is 4.65. The summed E-state index contributed by atoms with van der Waals surface area (Å²) in [5, 5.41) is 10.5. The van der Waals surface area contributed by atoms with E-state index in [2.05, 4.69) is 6.58 Å². The van der Waals surface area contributed by atoms with Crippen LogP contribution < -0.4 is 4.87 Å². The number of amides is 1. The smallest absolute Gasteiger partial charge is 0.323 e. The molecule has 1 N–H and O–H groups in total. The molecule has 0 aromatic carbocycles. The lowest BCUT2D eigenvalue weighted by molar-refractivity contribution is -0.144. The van der Waals surface area contributed by atoms with Crippen molar-refractivity contribution in [2.75, 3.05) is 13.1 Å². The summed E-state index contributed by atoms with van der Waals surface area (Å²) in [6, 6.07) is 0. The lowest BCUT2D eigenvalue weighted by Crippen LogP contribution is -2.35. The highest BCUT2D eigenvalue weighted by molar-refractivity contribution is 7.07. The highest BCUT2D eigenvalue weighted by Gasteiger charge is 2.15. The zero-order valence-electron chi connectivity index (χ0n) is 11.4. The van der Waals surface area contributed by atoms with Gasteiger partial charge in [-0.3, -0.25) is 14.4 Å². The maximum Gasteiger partial charge on any atom is 0.323 e. The van der Waals surface area contributed by atoms with E-state index in [4.69, 9.17) is 5.11 Å². The van der Waals surface area contributed by atoms with Crippen molar-refractivity contribution in [2.45, 2.75) is 26.3 Å². The summed E-state index contributed by atoms with van der Waals surface area (Å²) >= 11 is 1.13. The number of rotatable bonds is 8. The van der Waals surface area contributed by atoms with E-state index in [1.54, 1.807) is 9.95 Å². The van der Waals surface area contributed by atoms with Crippen LogP contribution in [-0.4, -0.2) is 39.5 Å². The van der Waals surface area contributed by atoms with Crippen molar-refractivity contribution in [2.24, 2.45) is 0 Å². The molecule has 1 heterocycles. The Hall–Kier alpha value is -1.89. The van der Waals surface area contributed by atoms with Gasteiger partial charge >= 0.3 is 10.8 Å². The van der Waals surface area contributed by atoms with Crippen LogP contribution in [0, 0.1) is 6.92 Å². The van der Waals surface area contributed by atoms with E-state index in [9.17, 15) is 14.4 Å². The molecule has 0 radical (unpaired) electrons. The van der Waals surface area contributed by atoms with E-state index < -0.39 is 5.97 Å². The average molecular weight is 298 g/mol. The standard InChI is InChI=1S/C13H18N2O4S/c1-3-6-14(8-12(17)18)11(16)5-4-7-15-10(2)9-20-13(15)19/h3,9H,1,4-8H2,2H3,(H,17,18). The monoisotopic (exact) mass is 298 g/mol. The van der Waals surface area contributed by atoms with E-state index in [0.717, 1.165) is 17.0 Å². The normalized spacial score (nSPS) is 10.2. The van der Waals surface area contributed by atoms with Gasteiger partial charge in [-0.2, -0.15) is 0 Å². The lowest BCUT2D eigenvalue weighted by Gasteiger charge is -2.18. The van der Waals surface area contributed by atoms with Crippen molar-refractivity contribution < 1.29 is 14.7 Å². The van der Waals surface area contributed by atoms with Crippen LogP contribution in [0.2, 0.25) is 0 Å². The van der Waals surface area contributed by atoms with Gasteiger partial charge in [0.1, 0.15) is 6.54 Å². The highest BCUT2D eigenvalue weighted by Crippen LogP contribution is 2.04. The Morgan fingerprint density at radius 2 is 2.25 bits per heavy atom. The number of aliphatic carboxylic acids is 1. The minimum absolute atomic E-state index is 0.0385. The number of carbonyl (C=O) groups excluding carboxylic acids is 1. The molecule has 0 saturated carbocycles. The highest BCUT2D eigenvalue weighted by atomic mass is 32.1. The fourth-order valence-electron chi connectivity index (χ4n) is 1.79. The van der Waals surface area contributed by atoms with E-state index in [0.29, 0.717) is 13.0 Å². The first kappa shape index (κ1) is 16.2. The number of carboxylic acids is 1. The number of carbonyl (C=O) groups is 2. The quantitative estimate of drug-likeness (QED) is 0.729. The second-order valence-electron chi connectivity index (χ2n) is 4.35. The minimum atomic E-state index is -1.05. The number of thiazole rings is 1. The third-order valence-electron chi connectivity index (χ3n) is 2.78. The molecule has 0 unspecified atom stereocenters. The van der Waals surface area contributed by atoms with Crippen molar-refractivity contribution in [3.05, 3.63) is 33.4 Å². The van der Waals surface area contributed by atoms with Crippen molar-refractivity contribution in [3.63, 3.8) is 0 Å². The van der Waals surface area contributed by atoms with Crippen LogP contribution in [0.15, 0.2) is 22.8 Å². The maximum atomic E-state index is 11.9. The molecule has 6 nitrogen and oxygen atoms in total. The van der Waals surface area contributed by atoms with Gasteiger partial charge in [0, 0.05) is 30.6 Å². The molecule has 0 fully saturated rings. The van der Waals surface area contributed by atoms with Crippen LogP contribution in [0.3, 0.4) is 0 Å².